The molecule has 3 aromatic rings. The topological polar surface area (TPSA) is 107 Å². The first kappa shape index (κ1) is 31.7. The zero-order valence-corrected chi connectivity index (χ0v) is 24.0. The molecule has 1 atom stereocenters. The van der Waals surface area contributed by atoms with Crippen LogP contribution in [-0.2, 0) is 21.4 Å². The van der Waals surface area contributed by atoms with Crippen LogP contribution in [0.25, 0.3) is 11.1 Å². The van der Waals surface area contributed by atoms with Crippen LogP contribution >= 0.6 is 11.8 Å². The van der Waals surface area contributed by atoms with Gasteiger partial charge in [-0.2, -0.15) is 16.1 Å². The van der Waals surface area contributed by atoms with Crippen molar-refractivity contribution in [2.45, 2.75) is 37.8 Å². The second-order valence-corrected chi connectivity index (χ2v) is 11.9. The number of nitrogens with one attached hydrogen (secondary N) is 1. The zero-order valence-electron chi connectivity index (χ0n) is 22.4. The third-order valence-corrected chi connectivity index (χ3v) is 8.56. The molecule has 0 aromatic heterocycles. The van der Waals surface area contributed by atoms with Crippen LogP contribution in [0.5, 0.6) is 0 Å². The van der Waals surface area contributed by atoms with Crippen molar-refractivity contribution in [3.05, 3.63) is 89.0 Å². The van der Waals surface area contributed by atoms with Crippen molar-refractivity contribution in [2.75, 3.05) is 19.1 Å². The van der Waals surface area contributed by atoms with Crippen LogP contribution < -0.4 is 29.3 Å². The van der Waals surface area contributed by atoms with Crippen LogP contribution in [0.2, 0.25) is 0 Å². The Balaban J connectivity index is 0.00000507. The van der Waals surface area contributed by atoms with E-state index in [1.807, 2.05) is 44.4 Å². The molecule has 10 heteroatoms. The molecular formula is C28H31LiN2O5S2. The zero-order chi connectivity index (χ0) is 27.2. The normalized spacial score (nSPS) is 12.0. The van der Waals surface area contributed by atoms with Crippen LogP contribution in [0.1, 0.15) is 33.5 Å². The summed E-state index contributed by atoms with van der Waals surface area (Å²) < 4.78 is 27.5. The number of nitrogens with zero attached hydrogens (tertiary/aromatic N) is 1. The van der Waals surface area contributed by atoms with Crippen LogP contribution in [-0.4, -0.2) is 49.7 Å². The Hall–Kier alpha value is -2.54. The number of hydrogen-bond donors (Lipinski definition) is 1. The molecule has 3 aromatic carbocycles. The summed E-state index contributed by atoms with van der Waals surface area (Å²) in [6.45, 7) is 3.90. The average Bonchev–Trinajstić information content (AvgIpc) is 2.86. The van der Waals surface area contributed by atoms with Crippen molar-refractivity contribution >= 4 is 33.7 Å². The molecule has 0 heterocycles. The molecule has 0 aliphatic carbocycles. The minimum Gasteiger partial charge on any atom is -0.548 e. The van der Waals surface area contributed by atoms with Crippen molar-refractivity contribution in [1.29, 1.82) is 0 Å². The Morgan fingerprint density at radius 1 is 1.00 bits per heavy atom. The van der Waals surface area contributed by atoms with E-state index in [4.69, 9.17) is 0 Å². The Morgan fingerprint density at radius 3 is 2.26 bits per heavy atom. The molecule has 0 saturated carbocycles. The standard InChI is InChI=1S/C28H32N2O5S2.Li/c1-19-9-12-22(13-10-19)37(34,35)30(3)18-21-11-14-24(25(17-21)23-8-6-5-7-20(23)2)27(31)29-26(28(32)33)15-16-36-4;/h5-14,17,26H,15-16,18H2,1-4H3,(H,29,31)(H,32,33);/q;+1/p-1. The second-order valence-electron chi connectivity index (χ2n) is 8.90. The number of carboxylic acid groups (broad SMARTS) is 1. The number of carboxylic acids is 1. The van der Waals surface area contributed by atoms with Crippen molar-refractivity contribution in [2.24, 2.45) is 0 Å². The molecule has 0 radical (unpaired) electrons. The largest absolute Gasteiger partial charge is 1.00 e. The fraction of sp³-hybridized carbons (Fsp3) is 0.286. The summed E-state index contributed by atoms with van der Waals surface area (Å²) in [6, 6.07) is 18.2. The second kappa shape index (κ2) is 14.0. The van der Waals surface area contributed by atoms with Gasteiger partial charge in [0, 0.05) is 19.2 Å². The average molecular weight is 547 g/mol. The number of amides is 1. The van der Waals surface area contributed by atoms with Gasteiger partial charge < -0.3 is 15.2 Å². The van der Waals surface area contributed by atoms with E-state index in [0.29, 0.717) is 22.4 Å². The SMILES string of the molecule is CSCCC(NC(=O)c1ccc(CN(C)S(=O)(=O)c2ccc(C)cc2)cc1-c1ccccc1C)C(=O)[O-].[Li+]. The molecule has 0 aliphatic heterocycles. The Bertz CT molecular complexity index is 1380. The van der Waals surface area contributed by atoms with Crippen molar-refractivity contribution < 1.29 is 42.0 Å². The molecule has 0 bridgehead atoms. The number of aryl methyl sites for hydroxylation is 2. The van der Waals surface area contributed by atoms with Gasteiger partial charge in [-0.1, -0.05) is 48.0 Å². The molecule has 7 nitrogen and oxygen atoms in total. The molecule has 0 spiro atoms. The quantitative estimate of drug-likeness (QED) is 0.349. The smallest absolute Gasteiger partial charge is 0.548 e. The number of sulfonamides is 1. The fourth-order valence-electron chi connectivity index (χ4n) is 3.94. The number of thioether (sulfide) groups is 1. The summed E-state index contributed by atoms with van der Waals surface area (Å²) in [5.41, 5.74) is 4.27. The number of rotatable bonds is 11. The van der Waals surface area contributed by atoms with E-state index in [1.165, 1.54) is 23.1 Å². The van der Waals surface area contributed by atoms with Gasteiger partial charge in [-0.3, -0.25) is 4.79 Å². The first-order chi connectivity index (χ1) is 17.5. The molecule has 38 heavy (non-hydrogen) atoms. The van der Waals surface area contributed by atoms with Crippen LogP contribution in [0.15, 0.2) is 71.6 Å². The Morgan fingerprint density at radius 2 is 1.66 bits per heavy atom. The number of carbonyl (C=O) groups excluding carboxylic acids is 2. The number of aliphatic carboxylic acids is 1. The summed E-state index contributed by atoms with van der Waals surface area (Å²) in [6.07, 6.45) is 2.11. The fourth-order valence-corrected chi connectivity index (χ4v) is 5.57. The van der Waals surface area contributed by atoms with Gasteiger partial charge in [-0.15, -0.1) is 0 Å². The van der Waals surface area contributed by atoms with Crippen molar-refractivity contribution in [1.82, 2.24) is 9.62 Å². The molecule has 196 valence electrons. The maximum atomic E-state index is 13.2. The molecule has 0 saturated heterocycles. The molecule has 0 aliphatic rings. The number of hydrogen-bond acceptors (Lipinski definition) is 6. The molecular weight excluding hydrogens is 515 g/mol. The summed E-state index contributed by atoms with van der Waals surface area (Å²) in [5.74, 6) is -1.30. The van der Waals surface area contributed by atoms with Gasteiger partial charge in [0.25, 0.3) is 5.91 Å². The van der Waals surface area contributed by atoms with Gasteiger partial charge in [-0.05, 0) is 78.8 Å². The van der Waals surface area contributed by atoms with Gasteiger partial charge in [0.05, 0.1) is 16.9 Å². The van der Waals surface area contributed by atoms with E-state index >= 15 is 0 Å². The summed E-state index contributed by atoms with van der Waals surface area (Å²) in [5, 5.41) is 14.2. The van der Waals surface area contributed by atoms with Crippen LogP contribution in [0, 0.1) is 13.8 Å². The first-order valence-corrected chi connectivity index (χ1v) is 14.6. The van der Waals surface area contributed by atoms with E-state index in [-0.39, 0.29) is 36.7 Å². The van der Waals surface area contributed by atoms with E-state index in [9.17, 15) is 23.1 Å². The molecule has 0 fully saturated rings. The number of benzene rings is 3. The van der Waals surface area contributed by atoms with Gasteiger partial charge in [0.2, 0.25) is 10.0 Å². The van der Waals surface area contributed by atoms with Gasteiger partial charge >= 0.3 is 18.9 Å². The predicted octanol–water partition coefficient (Wildman–Crippen LogP) is 0.397. The molecule has 1 amide bonds. The van der Waals surface area contributed by atoms with E-state index < -0.39 is 27.9 Å². The Labute approximate surface area is 241 Å². The predicted molar refractivity (Wildman–Crippen MR) is 146 cm³/mol. The summed E-state index contributed by atoms with van der Waals surface area (Å²) in [4.78, 5) is 25.0. The van der Waals surface area contributed by atoms with Crippen LogP contribution in [0.4, 0.5) is 0 Å². The van der Waals surface area contributed by atoms with Crippen LogP contribution in [0.3, 0.4) is 0 Å². The van der Waals surface area contributed by atoms with Gasteiger partial charge in [0.15, 0.2) is 0 Å². The first-order valence-electron chi connectivity index (χ1n) is 11.8. The van der Waals surface area contributed by atoms with E-state index in [2.05, 4.69) is 5.32 Å². The van der Waals surface area contributed by atoms with Gasteiger partial charge in [-0.25, -0.2) is 8.42 Å². The third kappa shape index (κ3) is 7.75. The van der Waals surface area contributed by atoms with Crippen molar-refractivity contribution in [3.63, 3.8) is 0 Å². The maximum Gasteiger partial charge on any atom is 1.00 e. The molecule has 1 unspecified atom stereocenters. The third-order valence-electron chi connectivity index (χ3n) is 6.10. The minimum atomic E-state index is -3.72. The maximum absolute atomic E-state index is 13.2. The molecule has 3 rings (SSSR count). The molecule has 1 N–H and O–H groups in total. The van der Waals surface area contributed by atoms with E-state index in [0.717, 1.165) is 16.7 Å². The Kier molecular flexibility index (Phi) is 11.7. The summed E-state index contributed by atoms with van der Waals surface area (Å²) in [7, 11) is -2.21. The summed E-state index contributed by atoms with van der Waals surface area (Å²) >= 11 is 1.48. The van der Waals surface area contributed by atoms with Gasteiger partial charge in [0.1, 0.15) is 0 Å². The monoisotopic (exact) mass is 546 g/mol. The minimum absolute atomic E-state index is 0. The van der Waals surface area contributed by atoms with Crippen molar-refractivity contribution in [3.8, 4) is 11.1 Å². The van der Waals surface area contributed by atoms with E-state index in [1.54, 1.807) is 42.5 Å². The number of carbonyl (C=O) groups is 2.